The normalized spacial score (nSPS) is 12.7. The fraction of sp³-hybridized carbons (Fsp3) is 0.903. The second-order valence-corrected chi connectivity index (χ2v) is 21.0. The molecule has 1 amide bonds. The van der Waals surface area contributed by atoms with Gasteiger partial charge in [0.1, 0.15) is 0 Å². The van der Waals surface area contributed by atoms with Gasteiger partial charge in [0.15, 0.2) is 0 Å². The molecule has 402 valence electrons. The number of ether oxygens (including phenoxy) is 1. The lowest BCUT2D eigenvalue weighted by molar-refractivity contribution is -0.143. The first-order valence-corrected chi connectivity index (χ1v) is 30.6. The minimum atomic E-state index is -0.862. The summed E-state index contributed by atoms with van der Waals surface area (Å²) in [5.41, 5.74) is 0. The molecule has 3 N–H and O–H groups in total. The van der Waals surface area contributed by atoms with E-state index in [1.165, 1.54) is 238 Å². The number of hydrogen-bond donors (Lipinski definition) is 3. The molecular formula is C62H119NO5. The smallest absolute Gasteiger partial charge is 0.305 e. The van der Waals surface area contributed by atoms with Gasteiger partial charge in [0.25, 0.3) is 0 Å². The Morgan fingerprint density at radius 2 is 0.691 bits per heavy atom. The molecule has 0 aromatic heterocycles. The van der Waals surface area contributed by atoms with Crippen molar-refractivity contribution < 1.29 is 24.5 Å². The summed E-state index contributed by atoms with van der Waals surface area (Å²) < 4.78 is 5.48. The number of amides is 1. The number of aliphatic hydroxyl groups is 2. The fourth-order valence-electron chi connectivity index (χ4n) is 9.51. The largest absolute Gasteiger partial charge is 0.466 e. The number of unbranched alkanes of at least 4 members (excludes halogenated alkanes) is 44. The zero-order chi connectivity index (χ0) is 49.3. The topological polar surface area (TPSA) is 95.9 Å². The van der Waals surface area contributed by atoms with Crippen LogP contribution in [-0.2, 0) is 14.3 Å². The second kappa shape index (κ2) is 57.9. The average molecular weight is 959 g/mol. The zero-order valence-corrected chi connectivity index (χ0v) is 45.9. The van der Waals surface area contributed by atoms with Crippen LogP contribution >= 0.6 is 0 Å². The van der Waals surface area contributed by atoms with Crippen molar-refractivity contribution in [2.75, 3.05) is 13.2 Å². The van der Waals surface area contributed by atoms with E-state index in [1.54, 1.807) is 6.08 Å². The van der Waals surface area contributed by atoms with Crippen LogP contribution in [0.5, 0.6) is 0 Å². The molecule has 2 atom stereocenters. The van der Waals surface area contributed by atoms with Gasteiger partial charge in [-0.15, -0.1) is 0 Å². The quantitative estimate of drug-likeness (QED) is 0.0321. The van der Waals surface area contributed by atoms with Crippen LogP contribution in [0, 0.1) is 0 Å². The van der Waals surface area contributed by atoms with Crippen molar-refractivity contribution in [2.45, 2.75) is 347 Å². The van der Waals surface area contributed by atoms with Crippen LogP contribution in [0.4, 0.5) is 0 Å². The summed E-state index contributed by atoms with van der Waals surface area (Å²) in [7, 11) is 0. The highest BCUT2D eigenvalue weighted by Crippen LogP contribution is 2.17. The number of carbonyl (C=O) groups excluding carboxylic acids is 2. The molecule has 0 fully saturated rings. The Bertz CT molecular complexity index is 1060. The molecule has 0 saturated carbocycles. The van der Waals surface area contributed by atoms with Gasteiger partial charge in [0.05, 0.1) is 25.4 Å². The van der Waals surface area contributed by atoms with E-state index in [0.29, 0.717) is 19.4 Å². The van der Waals surface area contributed by atoms with Crippen LogP contribution in [0.15, 0.2) is 24.3 Å². The van der Waals surface area contributed by atoms with E-state index < -0.39 is 12.1 Å². The van der Waals surface area contributed by atoms with Crippen LogP contribution in [0.1, 0.15) is 335 Å². The number of nitrogens with one attached hydrogen (secondary N) is 1. The maximum Gasteiger partial charge on any atom is 0.305 e. The van der Waals surface area contributed by atoms with E-state index in [2.05, 4.69) is 31.3 Å². The highest BCUT2D eigenvalue weighted by atomic mass is 16.5. The fourth-order valence-corrected chi connectivity index (χ4v) is 9.51. The third-order valence-electron chi connectivity index (χ3n) is 14.2. The minimum Gasteiger partial charge on any atom is -0.466 e. The number of hydrogen-bond acceptors (Lipinski definition) is 5. The summed E-state index contributed by atoms with van der Waals surface area (Å²) in [6.07, 6.45) is 70.7. The Morgan fingerprint density at radius 1 is 0.397 bits per heavy atom. The van der Waals surface area contributed by atoms with E-state index in [0.717, 1.165) is 70.6 Å². The van der Waals surface area contributed by atoms with E-state index in [4.69, 9.17) is 4.74 Å². The highest BCUT2D eigenvalue weighted by molar-refractivity contribution is 5.76. The van der Waals surface area contributed by atoms with Gasteiger partial charge in [-0.05, 0) is 57.8 Å². The first-order valence-electron chi connectivity index (χ1n) is 30.6. The number of allylic oxidation sites excluding steroid dienone is 3. The van der Waals surface area contributed by atoms with Crippen molar-refractivity contribution in [1.82, 2.24) is 5.32 Å². The lowest BCUT2D eigenvalue weighted by Gasteiger charge is -2.19. The molecule has 0 aromatic carbocycles. The number of carbonyl (C=O) groups is 2. The second-order valence-electron chi connectivity index (χ2n) is 21.0. The van der Waals surface area contributed by atoms with Crippen LogP contribution in [0.25, 0.3) is 0 Å². The van der Waals surface area contributed by atoms with Gasteiger partial charge in [0.2, 0.25) is 5.91 Å². The molecule has 68 heavy (non-hydrogen) atoms. The SMILES string of the molecule is CCCCCCCCCCCCCCCCCCCCC/C=C/C(O)C(CO)NC(=O)CCCCC/C=C\CCCCCCCCOC(=O)CCCCCCCCCCCCCCCCCCC. The predicted molar refractivity (Wildman–Crippen MR) is 296 cm³/mol. The Labute approximate surface area is 424 Å². The van der Waals surface area contributed by atoms with Crippen molar-refractivity contribution in [3.63, 3.8) is 0 Å². The molecular weight excluding hydrogens is 839 g/mol. The molecule has 0 spiro atoms. The summed E-state index contributed by atoms with van der Waals surface area (Å²) in [6.45, 7) is 4.89. The van der Waals surface area contributed by atoms with Gasteiger partial charge in [-0.2, -0.15) is 0 Å². The molecule has 0 bridgehead atoms. The van der Waals surface area contributed by atoms with E-state index in [1.807, 2.05) is 6.08 Å². The molecule has 0 saturated heterocycles. The number of esters is 1. The maximum atomic E-state index is 12.5. The van der Waals surface area contributed by atoms with Gasteiger partial charge < -0.3 is 20.3 Å². The van der Waals surface area contributed by atoms with Gasteiger partial charge in [-0.3, -0.25) is 9.59 Å². The molecule has 6 heteroatoms. The van der Waals surface area contributed by atoms with Crippen LogP contribution in [0.2, 0.25) is 0 Å². The average Bonchev–Trinajstić information content (AvgIpc) is 3.34. The summed E-state index contributed by atoms with van der Waals surface area (Å²) in [4.78, 5) is 24.6. The van der Waals surface area contributed by atoms with Crippen molar-refractivity contribution in [3.8, 4) is 0 Å². The lowest BCUT2D eigenvalue weighted by atomic mass is 10.0. The summed E-state index contributed by atoms with van der Waals surface area (Å²) in [5.74, 6) is -0.104. The molecule has 0 heterocycles. The van der Waals surface area contributed by atoms with Crippen molar-refractivity contribution >= 4 is 11.9 Å². The van der Waals surface area contributed by atoms with E-state index >= 15 is 0 Å². The van der Waals surface area contributed by atoms with Gasteiger partial charge in [0, 0.05) is 12.8 Å². The molecule has 6 nitrogen and oxygen atoms in total. The monoisotopic (exact) mass is 958 g/mol. The molecule has 0 radical (unpaired) electrons. The zero-order valence-electron chi connectivity index (χ0n) is 45.9. The van der Waals surface area contributed by atoms with Crippen LogP contribution in [0.3, 0.4) is 0 Å². The first-order chi connectivity index (χ1) is 33.5. The predicted octanol–water partition coefficient (Wildman–Crippen LogP) is 19.0. The minimum absolute atomic E-state index is 0.00945. The maximum absolute atomic E-state index is 12.5. The lowest BCUT2D eigenvalue weighted by Crippen LogP contribution is -2.45. The molecule has 0 aliphatic carbocycles. The van der Waals surface area contributed by atoms with Gasteiger partial charge >= 0.3 is 5.97 Å². The number of rotatable bonds is 57. The Hall–Kier alpha value is -1.66. The van der Waals surface area contributed by atoms with E-state index in [-0.39, 0.29) is 18.5 Å². The highest BCUT2D eigenvalue weighted by Gasteiger charge is 2.18. The van der Waals surface area contributed by atoms with Crippen LogP contribution < -0.4 is 5.32 Å². The van der Waals surface area contributed by atoms with Crippen LogP contribution in [-0.4, -0.2) is 47.4 Å². The Kier molecular flexibility index (Phi) is 56.5. The summed E-state index contributed by atoms with van der Waals surface area (Å²) >= 11 is 0. The Morgan fingerprint density at radius 3 is 1.06 bits per heavy atom. The molecule has 0 aliphatic heterocycles. The Balaban J connectivity index is 3.50. The molecule has 0 aliphatic rings. The van der Waals surface area contributed by atoms with Crippen molar-refractivity contribution in [1.29, 1.82) is 0 Å². The van der Waals surface area contributed by atoms with Gasteiger partial charge in [-0.25, -0.2) is 0 Å². The standard InChI is InChI=1S/C62H119NO5/c1-3-5-7-9-11-13-15-17-19-21-22-23-24-26-27-30-34-38-42-46-50-54-60(65)59(58-64)63-61(66)55-51-47-43-39-35-31-29-33-37-41-45-49-53-57-68-62(67)56-52-48-44-40-36-32-28-25-20-18-16-14-12-10-8-6-4-2/h31,35,50,54,59-60,64-65H,3-30,32-34,36-49,51-53,55-58H2,1-2H3,(H,63,66)/b35-31-,54-50+. The molecule has 2 unspecified atom stereocenters. The first kappa shape index (κ1) is 66.3. The summed E-state index contributed by atoms with van der Waals surface area (Å²) in [6, 6.07) is -0.649. The van der Waals surface area contributed by atoms with E-state index in [9.17, 15) is 19.8 Å². The van der Waals surface area contributed by atoms with Gasteiger partial charge in [-0.1, -0.05) is 289 Å². The number of aliphatic hydroxyl groups excluding tert-OH is 2. The van der Waals surface area contributed by atoms with Crippen molar-refractivity contribution in [3.05, 3.63) is 24.3 Å². The third-order valence-corrected chi connectivity index (χ3v) is 14.2. The molecule has 0 aromatic rings. The summed E-state index contributed by atoms with van der Waals surface area (Å²) in [5, 5.41) is 23.2. The molecule has 0 rings (SSSR count). The third kappa shape index (κ3) is 53.7. The van der Waals surface area contributed by atoms with Crippen molar-refractivity contribution in [2.24, 2.45) is 0 Å².